The molecule has 0 aliphatic carbocycles. The van der Waals surface area contributed by atoms with E-state index in [2.05, 4.69) is 0 Å². The van der Waals surface area contributed by atoms with Crippen molar-refractivity contribution in [2.75, 3.05) is 6.61 Å². The molecule has 0 atom stereocenters. The molecule has 0 aromatic heterocycles. The Labute approximate surface area is 104 Å². The fourth-order valence-electron chi connectivity index (χ4n) is 1.42. The molecule has 0 heterocycles. The maximum atomic E-state index is 13.0. The van der Waals surface area contributed by atoms with Gasteiger partial charge in [0.25, 0.3) is 0 Å². The molecular formula is C13H14FNO3. The number of hydrogen-bond donors (Lipinski definition) is 2. The highest BCUT2D eigenvalue weighted by Crippen LogP contribution is 2.14. The maximum Gasteiger partial charge on any atom is 0.343 e. The number of halogens is 1. The Morgan fingerprint density at radius 2 is 2.17 bits per heavy atom. The van der Waals surface area contributed by atoms with Gasteiger partial charge in [0.15, 0.2) is 0 Å². The lowest BCUT2D eigenvalue weighted by Crippen LogP contribution is -2.18. The molecule has 1 rings (SSSR count). The molecule has 1 aromatic carbocycles. The second-order valence-electron chi connectivity index (χ2n) is 3.57. The average Bonchev–Trinajstić information content (AvgIpc) is 2.28. The van der Waals surface area contributed by atoms with Crippen LogP contribution in [0.5, 0.6) is 0 Å². The number of carbonyl (C=O) groups excluding carboxylic acids is 1. The fraction of sp³-hybridized carbons (Fsp3) is 0.231. The molecule has 5 heteroatoms. The lowest BCUT2D eigenvalue weighted by molar-refractivity contribution is -0.138. The van der Waals surface area contributed by atoms with Gasteiger partial charge in [0.1, 0.15) is 17.1 Å². The van der Waals surface area contributed by atoms with E-state index in [0.29, 0.717) is 0 Å². The van der Waals surface area contributed by atoms with E-state index in [9.17, 15) is 14.3 Å². The third-order valence-electron chi connectivity index (χ3n) is 2.20. The van der Waals surface area contributed by atoms with Crippen LogP contribution in [0.15, 0.2) is 35.6 Å². The monoisotopic (exact) mass is 251 g/mol. The summed E-state index contributed by atoms with van der Waals surface area (Å²) in [4.78, 5) is 11.6. The smallest absolute Gasteiger partial charge is 0.343 e. The summed E-state index contributed by atoms with van der Waals surface area (Å²) >= 11 is 0. The van der Waals surface area contributed by atoms with Crippen molar-refractivity contribution < 1.29 is 19.0 Å². The quantitative estimate of drug-likeness (QED) is 0.374. The van der Waals surface area contributed by atoms with Crippen molar-refractivity contribution in [1.29, 1.82) is 5.41 Å². The predicted octanol–water partition coefficient (Wildman–Crippen LogP) is 2.59. The van der Waals surface area contributed by atoms with Crippen LogP contribution in [0.3, 0.4) is 0 Å². The summed E-state index contributed by atoms with van der Waals surface area (Å²) in [6, 6.07) is 5.25. The van der Waals surface area contributed by atoms with Crippen LogP contribution in [0.4, 0.5) is 4.39 Å². The molecule has 4 nitrogen and oxygen atoms in total. The van der Waals surface area contributed by atoms with Gasteiger partial charge in [0, 0.05) is 5.56 Å². The number of nitrogens with one attached hydrogen (secondary N) is 1. The summed E-state index contributed by atoms with van der Waals surface area (Å²) < 4.78 is 17.8. The summed E-state index contributed by atoms with van der Waals surface area (Å²) in [6.45, 7) is 3.03. The van der Waals surface area contributed by atoms with Gasteiger partial charge in [0.05, 0.1) is 12.3 Å². The van der Waals surface area contributed by atoms with E-state index in [1.165, 1.54) is 25.1 Å². The van der Waals surface area contributed by atoms with Gasteiger partial charge in [-0.15, -0.1) is 0 Å². The molecule has 0 amide bonds. The summed E-state index contributed by atoms with van der Waals surface area (Å²) in [7, 11) is 0. The third kappa shape index (κ3) is 3.16. The molecule has 0 fully saturated rings. The Hall–Kier alpha value is -2.17. The lowest BCUT2D eigenvalue weighted by Gasteiger charge is -2.09. The molecule has 0 aliphatic rings. The molecule has 0 unspecified atom stereocenters. The lowest BCUT2D eigenvalue weighted by atomic mass is 10.0. The number of benzene rings is 1. The Morgan fingerprint density at radius 1 is 1.50 bits per heavy atom. The molecule has 1 aromatic rings. The first-order valence-corrected chi connectivity index (χ1v) is 5.39. The van der Waals surface area contributed by atoms with Gasteiger partial charge in [-0.1, -0.05) is 12.1 Å². The Morgan fingerprint density at radius 3 is 2.67 bits per heavy atom. The van der Waals surface area contributed by atoms with Crippen LogP contribution in [0.25, 0.3) is 0 Å². The Bertz CT molecular complexity index is 505. The van der Waals surface area contributed by atoms with Crippen LogP contribution < -0.4 is 0 Å². The molecule has 0 bridgehead atoms. The molecule has 0 aliphatic heterocycles. The number of rotatable bonds is 4. The number of carbonyl (C=O) groups is 1. The number of allylic oxidation sites excluding steroid dienone is 1. The van der Waals surface area contributed by atoms with Gasteiger partial charge >= 0.3 is 5.97 Å². The second kappa shape index (κ2) is 5.95. The molecule has 18 heavy (non-hydrogen) atoms. The molecule has 0 saturated heterocycles. The second-order valence-corrected chi connectivity index (χ2v) is 3.57. The molecular weight excluding hydrogens is 237 g/mol. The number of aliphatic hydroxyl groups is 1. The Kier molecular flexibility index (Phi) is 4.59. The zero-order valence-electron chi connectivity index (χ0n) is 10.2. The predicted molar refractivity (Wildman–Crippen MR) is 65.2 cm³/mol. The third-order valence-corrected chi connectivity index (χ3v) is 2.20. The average molecular weight is 251 g/mol. The van der Waals surface area contributed by atoms with Crippen LogP contribution in [-0.4, -0.2) is 23.4 Å². The first kappa shape index (κ1) is 13.9. The van der Waals surface area contributed by atoms with Crippen molar-refractivity contribution in [1.82, 2.24) is 0 Å². The van der Waals surface area contributed by atoms with Crippen molar-refractivity contribution in [3.8, 4) is 0 Å². The number of hydrogen-bond acceptors (Lipinski definition) is 4. The normalized spacial score (nSPS) is 11.7. The summed E-state index contributed by atoms with van der Waals surface area (Å²) in [6.07, 6.45) is 0. The SMILES string of the molecule is CCOC(=O)/C(C(=N)c1cccc(F)c1)=C(/C)O. The van der Waals surface area contributed by atoms with Gasteiger partial charge in [-0.25, -0.2) is 9.18 Å². The van der Waals surface area contributed by atoms with Gasteiger partial charge in [-0.2, -0.15) is 0 Å². The minimum atomic E-state index is -0.799. The van der Waals surface area contributed by atoms with Gasteiger partial charge in [-0.05, 0) is 26.0 Å². The zero-order chi connectivity index (χ0) is 13.7. The summed E-state index contributed by atoms with van der Waals surface area (Å²) in [5.74, 6) is -1.65. The summed E-state index contributed by atoms with van der Waals surface area (Å²) in [5, 5.41) is 17.3. The first-order chi connectivity index (χ1) is 8.47. The highest BCUT2D eigenvalue weighted by Gasteiger charge is 2.21. The van der Waals surface area contributed by atoms with Crippen molar-refractivity contribution >= 4 is 11.7 Å². The van der Waals surface area contributed by atoms with Crippen LogP contribution >= 0.6 is 0 Å². The fourth-order valence-corrected chi connectivity index (χ4v) is 1.42. The van der Waals surface area contributed by atoms with E-state index in [4.69, 9.17) is 10.1 Å². The van der Waals surface area contributed by atoms with E-state index in [1.807, 2.05) is 0 Å². The number of aliphatic hydroxyl groups excluding tert-OH is 1. The number of ether oxygens (including phenoxy) is 1. The van der Waals surface area contributed by atoms with E-state index in [-0.39, 0.29) is 29.2 Å². The van der Waals surface area contributed by atoms with Crippen LogP contribution in [0.1, 0.15) is 19.4 Å². The largest absolute Gasteiger partial charge is 0.512 e. The van der Waals surface area contributed by atoms with E-state index in [1.54, 1.807) is 6.92 Å². The van der Waals surface area contributed by atoms with Gasteiger partial charge in [0.2, 0.25) is 0 Å². The molecule has 0 radical (unpaired) electrons. The number of esters is 1. The highest BCUT2D eigenvalue weighted by atomic mass is 19.1. The van der Waals surface area contributed by atoms with Crippen molar-refractivity contribution in [2.45, 2.75) is 13.8 Å². The molecule has 0 spiro atoms. The highest BCUT2D eigenvalue weighted by molar-refractivity contribution is 6.25. The topological polar surface area (TPSA) is 70.4 Å². The van der Waals surface area contributed by atoms with Crippen molar-refractivity contribution in [3.63, 3.8) is 0 Å². The van der Waals surface area contributed by atoms with Crippen LogP contribution in [0.2, 0.25) is 0 Å². The van der Waals surface area contributed by atoms with Crippen LogP contribution in [0, 0.1) is 11.2 Å². The van der Waals surface area contributed by atoms with Crippen molar-refractivity contribution in [3.05, 3.63) is 47.0 Å². The van der Waals surface area contributed by atoms with Gasteiger partial charge < -0.3 is 9.84 Å². The molecule has 96 valence electrons. The van der Waals surface area contributed by atoms with E-state index >= 15 is 0 Å². The standard InChI is InChI=1S/C13H14FNO3/c1-3-18-13(17)11(8(2)16)12(15)9-5-4-6-10(14)7-9/h4-7,15-16H,3H2,1-2H3/b11-8-,15-12?. The first-order valence-electron chi connectivity index (χ1n) is 5.39. The maximum absolute atomic E-state index is 13.0. The van der Waals surface area contributed by atoms with Gasteiger partial charge in [-0.3, -0.25) is 5.41 Å². The molecule has 0 saturated carbocycles. The Balaban J connectivity index is 3.13. The summed E-state index contributed by atoms with van der Waals surface area (Å²) in [5.41, 5.74) is -0.332. The van der Waals surface area contributed by atoms with Crippen LogP contribution in [-0.2, 0) is 9.53 Å². The van der Waals surface area contributed by atoms with E-state index in [0.717, 1.165) is 6.07 Å². The zero-order valence-corrected chi connectivity index (χ0v) is 10.2. The van der Waals surface area contributed by atoms with Crippen molar-refractivity contribution in [2.24, 2.45) is 0 Å². The van der Waals surface area contributed by atoms with E-state index < -0.39 is 11.8 Å². The minimum Gasteiger partial charge on any atom is -0.512 e. The molecule has 2 N–H and O–H groups in total. The minimum absolute atomic E-state index is 0.131.